The number of thioether (sulfide) groups is 1. The molecule has 0 saturated carbocycles. The number of aromatic nitrogens is 2. The molecule has 3 nitrogen and oxygen atoms in total. The monoisotopic (exact) mass is 495 g/mol. The van der Waals surface area contributed by atoms with Gasteiger partial charge in [0.25, 0.3) is 0 Å². The van der Waals surface area contributed by atoms with Crippen molar-refractivity contribution in [2.24, 2.45) is 0 Å². The fourth-order valence-electron chi connectivity index (χ4n) is 3.85. The number of benzene rings is 2. The van der Waals surface area contributed by atoms with Gasteiger partial charge in [-0.1, -0.05) is 46.3 Å². The van der Waals surface area contributed by atoms with E-state index in [2.05, 4.69) is 75.8 Å². The molecule has 5 rings (SSSR count). The second-order valence-electron chi connectivity index (χ2n) is 7.46. The molecule has 0 spiro atoms. The highest BCUT2D eigenvalue weighted by Crippen LogP contribution is 2.39. The molecule has 152 valence electrons. The first-order valence-electron chi connectivity index (χ1n) is 10.2. The highest BCUT2D eigenvalue weighted by atomic mass is 79.9. The van der Waals surface area contributed by atoms with E-state index in [-0.39, 0.29) is 0 Å². The van der Waals surface area contributed by atoms with Crippen molar-refractivity contribution < 1.29 is 0 Å². The molecule has 0 saturated heterocycles. The van der Waals surface area contributed by atoms with E-state index in [1.54, 1.807) is 11.8 Å². The second kappa shape index (κ2) is 9.08. The molecule has 0 aliphatic heterocycles. The summed E-state index contributed by atoms with van der Waals surface area (Å²) in [7, 11) is 0. The topological polar surface area (TPSA) is 37.8 Å². The maximum Gasteiger partial charge on any atom is 0.142 e. The molecule has 30 heavy (non-hydrogen) atoms. The summed E-state index contributed by atoms with van der Waals surface area (Å²) in [6.07, 6.45) is 4.87. The fourth-order valence-corrected chi connectivity index (χ4v) is 6.15. The van der Waals surface area contributed by atoms with E-state index in [0.717, 1.165) is 39.7 Å². The molecule has 0 amide bonds. The molecule has 1 N–H and O–H groups in total. The van der Waals surface area contributed by atoms with Crippen molar-refractivity contribution in [1.29, 1.82) is 0 Å². The van der Waals surface area contributed by atoms with Crippen LogP contribution in [0.1, 0.15) is 34.7 Å². The predicted molar refractivity (Wildman–Crippen MR) is 132 cm³/mol. The summed E-state index contributed by atoms with van der Waals surface area (Å²) < 4.78 is 1.10. The number of thiophene rings is 1. The Kier molecular flexibility index (Phi) is 6.07. The van der Waals surface area contributed by atoms with Crippen LogP contribution in [0.3, 0.4) is 0 Å². The number of rotatable bonds is 6. The Morgan fingerprint density at radius 3 is 2.60 bits per heavy atom. The van der Waals surface area contributed by atoms with Crippen molar-refractivity contribution in [2.45, 2.75) is 42.9 Å². The van der Waals surface area contributed by atoms with Crippen LogP contribution in [0, 0.1) is 0 Å². The molecular weight excluding hydrogens is 474 g/mol. The van der Waals surface area contributed by atoms with Crippen LogP contribution in [0.25, 0.3) is 10.2 Å². The van der Waals surface area contributed by atoms with Crippen LogP contribution in [0.4, 0.5) is 5.82 Å². The van der Waals surface area contributed by atoms with Crippen LogP contribution in [0.15, 0.2) is 64.0 Å². The van der Waals surface area contributed by atoms with Gasteiger partial charge in [-0.05, 0) is 61.1 Å². The minimum Gasteiger partial charge on any atom is -0.365 e. The van der Waals surface area contributed by atoms with Crippen molar-refractivity contribution in [3.05, 3.63) is 80.9 Å². The highest BCUT2D eigenvalue weighted by Gasteiger charge is 2.21. The zero-order chi connectivity index (χ0) is 20.3. The van der Waals surface area contributed by atoms with E-state index < -0.39 is 0 Å². The zero-order valence-electron chi connectivity index (χ0n) is 16.5. The van der Waals surface area contributed by atoms with Gasteiger partial charge in [-0.2, -0.15) is 0 Å². The SMILES string of the molecule is Brc1ccc(SCc2nc(NCc3ccccc3)c3c4c(sc3n2)CCCC4)cc1. The molecule has 1 aliphatic carbocycles. The zero-order valence-corrected chi connectivity index (χ0v) is 19.7. The third-order valence-corrected chi connectivity index (χ3v) is 8.07. The van der Waals surface area contributed by atoms with Crippen molar-refractivity contribution in [3.63, 3.8) is 0 Å². The summed E-state index contributed by atoms with van der Waals surface area (Å²) in [4.78, 5) is 13.8. The van der Waals surface area contributed by atoms with Crippen molar-refractivity contribution >= 4 is 55.1 Å². The maximum absolute atomic E-state index is 4.98. The van der Waals surface area contributed by atoms with Crippen LogP contribution in [-0.4, -0.2) is 9.97 Å². The van der Waals surface area contributed by atoms with Gasteiger partial charge in [-0.3, -0.25) is 0 Å². The first kappa shape index (κ1) is 20.0. The van der Waals surface area contributed by atoms with E-state index in [4.69, 9.17) is 9.97 Å². The number of nitrogens with one attached hydrogen (secondary N) is 1. The van der Waals surface area contributed by atoms with Crippen LogP contribution in [-0.2, 0) is 25.1 Å². The molecule has 2 heterocycles. The fraction of sp³-hybridized carbons (Fsp3) is 0.250. The third kappa shape index (κ3) is 4.41. The van der Waals surface area contributed by atoms with Gasteiger partial charge in [0.2, 0.25) is 0 Å². The molecule has 0 unspecified atom stereocenters. The smallest absolute Gasteiger partial charge is 0.142 e. The lowest BCUT2D eigenvalue weighted by Gasteiger charge is -2.13. The highest BCUT2D eigenvalue weighted by molar-refractivity contribution is 9.10. The minimum atomic E-state index is 0.764. The van der Waals surface area contributed by atoms with Crippen molar-refractivity contribution in [3.8, 4) is 0 Å². The molecular formula is C24H22BrN3S2. The summed E-state index contributed by atoms with van der Waals surface area (Å²) in [5, 5.41) is 4.88. The second-order valence-corrected chi connectivity index (χ2v) is 10.5. The van der Waals surface area contributed by atoms with Crippen LogP contribution in [0.2, 0.25) is 0 Å². The molecule has 1 aliphatic rings. The standard InChI is InChI=1S/C24H22BrN3S2/c25-17-10-12-18(13-11-17)29-15-21-27-23(26-14-16-6-2-1-3-7-16)22-19-8-4-5-9-20(19)30-24(22)28-21/h1-3,6-7,10-13H,4-5,8-9,14-15H2,(H,26,27,28). The predicted octanol–water partition coefficient (Wildman–Crippen LogP) is 7.24. The van der Waals surface area contributed by atoms with Crippen molar-refractivity contribution in [2.75, 3.05) is 5.32 Å². The Bertz CT molecular complexity index is 1160. The van der Waals surface area contributed by atoms with Crippen LogP contribution in [0.5, 0.6) is 0 Å². The van der Waals surface area contributed by atoms with Gasteiger partial charge >= 0.3 is 0 Å². The van der Waals surface area contributed by atoms with Gasteiger partial charge in [0.05, 0.1) is 11.1 Å². The summed E-state index contributed by atoms with van der Waals surface area (Å²) >= 11 is 7.15. The first-order chi connectivity index (χ1) is 14.8. The number of nitrogens with zero attached hydrogens (tertiary/aromatic N) is 2. The lowest BCUT2D eigenvalue weighted by Crippen LogP contribution is -2.06. The first-order valence-corrected chi connectivity index (χ1v) is 12.8. The summed E-state index contributed by atoms with van der Waals surface area (Å²) in [6, 6.07) is 18.9. The summed E-state index contributed by atoms with van der Waals surface area (Å²) in [6.45, 7) is 0.775. The average molecular weight is 496 g/mol. The Morgan fingerprint density at radius 1 is 0.967 bits per heavy atom. The van der Waals surface area contributed by atoms with E-state index >= 15 is 0 Å². The minimum absolute atomic E-state index is 0.764. The normalized spacial score (nSPS) is 13.4. The Hall–Kier alpha value is -1.89. The largest absolute Gasteiger partial charge is 0.365 e. The lowest BCUT2D eigenvalue weighted by atomic mass is 9.97. The van der Waals surface area contributed by atoms with E-state index in [1.807, 2.05) is 11.3 Å². The number of hydrogen-bond acceptors (Lipinski definition) is 5. The van der Waals surface area contributed by atoms with E-state index in [9.17, 15) is 0 Å². The number of fused-ring (bicyclic) bond motifs is 3. The van der Waals surface area contributed by atoms with Gasteiger partial charge in [0.1, 0.15) is 16.5 Å². The Labute approximate surface area is 193 Å². The van der Waals surface area contributed by atoms with Crippen molar-refractivity contribution in [1.82, 2.24) is 9.97 Å². The Morgan fingerprint density at radius 2 is 1.77 bits per heavy atom. The Balaban J connectivity index is 1.46. The number of aryl methyl sites for hydroxylation is 2. The van der Waals surface area contributed by atoms with Gasteiger partial charge < -0.3 is 5.32 Å². The number of hydrogen-bond donors (Lipinski definition) is 1. The average Bonchev–Trinajstić information content (AvgIpc) is 3.16. The van der Waals surface area contributed by atoms with Gasteiger partial charge in [-0.15, -0.1) is 23.1 Å². The summed E-state index contributed by atoms with van der Waals surface area (Å²) in [5.74, 6) is 2.65. The number of halogens is 1. The third-order valence-electron chi connectivity index (χ3n) is 5.35. The quantitative estimate of drug-likeness (QED) is 0.286. The lowest BCUT2D eigenvalue weighted by molar-refractivity contribution is 0.700. The molecule has 4 aromatic rings. The van der Waals surface area contributed by atoms with Crippen LogP contribution >= 0.6 is 39.0 Å². The molecule has 0 atom stereocenters. The van der Waals surface area contributed by atoms with Gasteiger partial charge in [0, 0.05) is 20.8 Å². The van der Waals surface area contributed by atoms with E-state index in [1.165, 1.54) is 45.5 Å². The van der Waals surface area contributed by atoms with Gasteiger partial charge in [-0.25, -0.2) is 9.97 Å². The van der Waals surface area contributed by atoms with Gasteiger partial charge in [0.15, 0.2) is 0 Å². The summed E-state index contributed by atoms with van der Waals surface area (Å²) in [5.41, 5.74) is 2.74. The number of anilines is 1. The molecule has 0 bridgehead atoms. The molecule has 2 aromatic heterocycles. The molecule has 2 aromatic carbocycles. The molecule has 0 radical (unpaired) electrons. The maximum atomic E-state index is 4.98. The van der Waals surface area contributed by atoms with E-state index in [0.29, 0.717) is 0 Å². The van der Waals surface area contributed by atoms with Crippen LogP contribution < -0.4 is 5.32 Å². The molecule has 6 heteroatoms. The molecule has 0 fully saturated rings.